The molecule has 2 rings (SSSR count). The Morgan fingerprint density at radius 1 is 1.39 bits per heavy atom. The minimum atomic E-state index is -0.506. The van der Waals surface area contributed by atoms with E-state index in [-0.39, 0.29) is 17.8 Å². The van der Waals surface area contributed by atoms with Crippen molar-refractivity contribution in [3.63, 3.8) is 0 Å². The first-order valence-electron chi connectivity index (χ1n) is 7.29. The Hall–Kier alpha value is -2.76. The van der Waals surface area contributed by atoms with E-state index in [4.69, 9.17) is 10.5 Å². The molecule has 0 bridgehead atoms. The number of hydrogen-bond acceptors (Lipinski definition) is 4. The molecule has 0 atom stereocenters. The Morgan fingerprint density at radius 2 is 2.22 bits per heavy atom. The smallest absolute Gasteiger partial charge is 0.257 e. The summed E-state index contributed by atoms with van der Waals surface area (Å²) in [5.41, 5.74) is 7.15. The zero-order valence-corrected chi connectivity index (χ0v) is 12.9. The molecule has 1 aromatic carbocycles. The van der Waals surface area contributed by atoms with Crippen LogP contribution in [-0.4, -0.2) is 26.1 Å². The maximum atomic E-state index is 14.0. The van der Waals surface area contributed by atoms with Crippen molar-refractivity contribution < 1.29 is 13.9 Å². The fourth-order valence-electron chi connectivity index (χ4n) is 2.17. The van der Waals surface area contributed by atoms with E-state index >= 15 is 0 Å². The molecule has 6 heteroatoms. The van der Waals surface area contributed by atoms with Gasteiger partial charge in [-0.3, -0.25) is 4.79 Å². The van der Waals surface area contributed by atoms with Gasteiger partial charge >= 0.3 is 0 Å². The van der Waals surface area contributed by atoms with Crippen LogP contribution in [-0.2, 0) is 9.53 Å². The molecule has 1 aliphatic rings. The predicted molar refractivity (Wildman–Crippen MR) is 89.3 cm³/mol. The van der Waals surface area contributed by atoms with Crippen LogP contribution in [0.4, 0.5) is 15.8 Å². The molecule has 0 aliphatic heterocycles. The molecule has 0 radical (unpaired) electrons. The van der Waals surface area contributed by atoms with Crippen LogP contribution in [0.3, 0.4) is 0 Å². The van der Waals surface area contributed by atoms with Gasteiger partial charge in [-0.2, -0.15) is 0 Å². The molecule has 23 heavy (non-hydrogen) atoms. The van der Waals surface area contributed by atoms with Crippen molar-refractivity contribution in [2.24, 2.45) is 0 Å². The number of amides is 1. The van der Waals surface area contributed by atoms with E-state index in [1.54, 1.807) is 30.4 Å². The zero-order valence-electron chi connectivity index (χ0n) is 12.9. The van der Waals surface area contributed by atoms with Crippen molar-refractivity contribution in [1.82, 2.24) is 5.32 Å². The maximum absolute atomic E-state index is 14.0. The van der Waals surface area contributed by atoms with Crippen molar-refractivity contribution in [1.29, 1.82) is 0 Å². The Kier molecular flexibility index (Phi) is 5.80. The number of nitrogens with two attached hydrogens (primary N) is 1. The molecule has 0 aromatic heterocycles. The molecule has 0 spiro atoms. The number of rotatable bonds is 6. The fourth-order valence-corrected chi connectivity index (χ4v) is 2.17. The monoisotopic (exact) mass is 317 g/mol. The SMILES string of the molecule is COC1=CC=CCC(F)=C1C(=O)NCCNc1cccc(N)c1. The minimum absolute atomic E-state index is 0.0542. The molecule has 0 unspecified atom stereocenters. The van der Waals surface area contributed by atoms with E-state index in [2.05, 4.69) is 10.6 Å². The summed E-state index contributed by atoms with van der Waals surface area (Å²) < 4.78 is 19.1. The largest absolute Gasteiger partial charge is 0.496 e. The molecule has 1 aromatic rings. The van der Waals surface area contributed by atoms with Gasteiger partial charge in [-0.1, -0.05) is 18.2 Å². The number of benzene rings is 1. The van der Waals surface area contributed by atoms with Crippen LogP contribution in [0.5, 0.6) is 0 Å². The Balaban J connectivity index is 1.89. The number of carbonyl (C=O) groups excluding carboxylic acids is 1. The van der Waals surface area contributed by atoms with E-state index in [0.717, 1.165) is 5.69 Å². The van der Waals surface area contributed by atoms with Gasteiger partial charge in [-0.25, -0.2) is 4.39 Å². The predicted octanol–water partition coefficient (Wildman–Crippen LogP) is 2.51. The molecule has 122 valence electrons. The third-order valence-corrected chi connectivity index (χ3v) is 3.27. The second-order valence-electron chi connectivity index (χ2n) is 4.96. The first kappa shape index (κ1) is 16.6. The highest BCUT2D eigenvalue weighted by Crippen LogP contribution is 2.23. The van der Waals surface area contributed by atoms with Crippen molar-refractivity contribution in [2.75, 3.05) is 31.2 Å². The highest BCUT2D eigenvalue weighted by atomic mass is 19.1. The number of carbonyl (C=O) groups is 1. The van der Waals surface area contributed by atoms with E-state index < -0.39 is 11.7 Å². The fraction of sp³-hybridized carbons (Fsp3) is 0.235. The number of anilines is 2. The molecule has 0 saturated heterocycles. The summed E-state index contributed by atoms with van der Waals surface area (Å²) in [7, 11) is 1.41. The molecule has 1 amide bonds. The van der Waals surface area contributed by atoms with Gasteiger partial charge in [-0.05, 0) is 24.3 Å². The van der Waals surface area contributed by atoms with Gasteiger partial charge in [0.2, 0.25) is 0 Å². The van der Waals surface area contributed by atoms with Gasteiger partial charge in [-0.15, -0.1) is 0 Å². The molecule has 5 nitrogen and oxygen atoms in total. The number of methoxy groups -OCH3 is 1. The summed E-state index contributed by atoms with van der Waals surface area (Å²) in [6.07, 6.45) is 4.95. The quantitative estimate of drug-likeness (QED) is 0.556. The van der Waals surface area contributed by atoms with Gasteiger partial charge in [0.25, 0.3) is 5.91 Å². The Bertz CT molecular complexity index is 666. The Morgan fingerprint density at radius 3 is 2.96 bits per heavy atom. The number of ether oxygens (including phenoxy) is 1. The van der Waals surface area contributed by atoms with E-state index in [1.807, 2.05) is 12.1 Å². The average Bonchev–Trinajstić information content (AvgIpc) is 2.72. The van der Waals surface area contributed by atoms with Crippen molar-refractivity contribution >= 4 is 17.3 Å². The second kappa shape index (κ2) is 8.03. The summed E-state index contributed by atoms with van der Waals surface area (Å²) in [5, 5.41) is 5.81. The van der Waals surface area contributed by atoms with Crippen LogP contribution in [0.2, 0.25) is 0 Å². The summed E-state index contributed by atoms with van der Waals surface area (Å²) in [5.74, 6) is -0.778. The highest BCUT2D eigenvalue weighted by molar-refractivity contribution is 5.98. The van der Waals surface area contributed by atoms with Crippen molar-refractivity contribution in [2.45, 2.75) is 6.42 Å². The van der Waals surface area contributed by atoms with Crippen LogP contribution in [0, 0.1) is 0 Å². The second-order valence-corrected chi connectivity index (χ2v) is 4.96. The molecule has 0 heterocycles. The molecule has 1 aliphatic carbocycles. The van der Waals surface area contributed by atoms with Gasteiger partial charge in [0.15, 0.2) is 0 Å². The average molecular weight is 317 g/mol. The number of allylic oxidation sites excluding steroid dienone is 4. The Labute approximate surface area is 134 Å². The van der Waals surface area contributed by atoms with Crippen LogP contribution < -0.4 is 16.4 Å². The molecular weight excluding hydrogens is 297 g/mol. The lowest BCUT2D eigenvalue weighted by Crippen LogP contribution is -2.31. The summed E-state index contributed by atoms with van der Waals surface area (Å²) >= 11 is 0. The van der Waals surface area contributed by atoms with E-state index in [0.29, 0.717) is 18.8 Å². The molecule has 4 N–H and O–H groups in total. The van der Waals surface area contributed by atoms with Crippen LogP contribution in [0.1, 0.15) is 6.42 Å². The zero-order chi connectivity index (χ0) is 16.7. The number of nitrogen functional groups attached to an aromatic ring is 1. The first-order chi connectivity index (χ1) is 11.1. The van der Waals surface area contributed by atoms with Gasteiger partial charge < -0.3 is 21.1 Å². The van der Waals surface area contributed by atoms with Crippen molar-refractivity contribution in [3.05, 3.63) is 59.7 Å². The van der Waals surface area contributed by atoms with Crippen LogP contribution in [0.25, 0.3) is 0 Å². The first-order valence-corrected chi connectivity index (χ1v) is 7.29. The molecule has 0 fully saturated rings. The van der Waals surface area contributed by atoms with Gasteiger partial charge in [0.05, 0.1) is 7.11 Å². The standard InChI is InChI=1S/C17H20FN3O2/c1-23-15-8-3-2-7-14(18)16(15)17(22)21-10-9-20-13-6-4-5-12(19)11-13/h2-6,8,11,20H,7,9-10,19H2,1H3,(H,21,22). The number of halogens is 1. The van der Waals surface area contributed by atoms with Crippen LogP contribution in [0.15, 0.2) is 59.7 Å². The lowest BCUT2D eigenvalue weighted by molar-refractivity contribution is -0.117. The van der Waals surface area contributed by atoms with Crippen molar-refractivity contribution in [3.8, 4) is 0 Å². The summed E-state index contributed by atoms with van der Waals surface area (Å²) in [6.45, 7) is 0.837. The minimum Gasteiger partial charge on any atom is -0.496 e. The third kappa shape index (κ3) is 4.60. The summed E-state index contributed by atoms with van der Waals surface area (Å²) in [6, 6.07) is 7.31. The summed E-state index contributed by atoms with van der Waals surface area (Å²) in [4.78, 5) is 12.2. The number of hydrogen-bond donors (Lipinski definition) is 3. The highest BCUT2D eigenvalue weighted by Gasteiger charge is 2.21. The van der Waals surface area contributed by atoms with Crippen LogP contribution >= 0.6 is 0 Å². The van der Waals surface area contributed by atoms with Gasteiger partial charge in [0, 0.05) is 30.9 Å². The molecule has 0 saturated carbocycles. The van der Waals surface area contributed by atoms with E-state index in [9.17, 15) is 9.18 Å². The molecular formula is C17H20FN3O2. The normalized spacial score (nSPS) is 14.1. The lowest BCUT2D eigenvalue weighted by Gasteiger charge is -2.12. The lowest BCUT2D eigenvalue weighted by atomic mass is 10.1. The van der Waals surface area contributed by atoms with Gasteiger partial charge in [0.1, 0.15) is 17.2 Å². The number of nitrogens with one attached hydrogen (secondary N) is 2. The topological polar surface area (TPSA) is 76.4 Å². The maximum Gasteiger partial charge on any atom is 0.257 e. The van der Waals surface area contributed by atoms with E-state index in [1.165, 1.54) is 7.11 Å². The third-order valence-electron chi connectivity index (χ3n) is 3.27.